The Kier molecular flexibility index (Phi) is 5.43. The third-order valence-electron chi connectivity index (χ3n) is 3.07. The highest BCUT2D eigenvalue weighted by Gasteiger charge is 2.15. The van der Waals surface area contributed by atoms with Crippen molar-refractivity contribution in [3.63, 3.8) is 0 Å². The summed E-state index contributed by atoms with van der Waals surface area (Å²) in [4.78, 5) is 7.30. The molecule has 0 spiro atoms. The Bertz CT molecular complexity index is 467. The number of hydrogen-bond donors (Lipinski definition) is 1. The van der Waals surface area contributed by atoms with E-state index in [1.54, 1.807) is 6.33 Å². The van der Waals surface area contributed by atoms with Gasteiger partial charge in [-0.1, -0.05) is 30.7 Å². The van der Waals surface area contributed by atoms with Gasteiger partial charge >= 0.3 is 0 Å². The van der Waals surface area contributed by atoms with Crippen molar-refractivity contribution in [1.82, 2.24) is 9.97 Å². The standard InChI is InChI=1S/C15H19ClN2O/c1-2-8-19-9-7-14(15-10-17-11-18-15)12-3-5-13(16)6-4-12/h3-6,10-11,14H,2,7-9H2,1H3,(H,17,18). The molecule has 0 radical (unpaired) electrons. The van der Waals surface area contributed by atoms with Gasteiger partial charge in [0.1, 0.15) is 0 Å². The lowest BCUT2D eigenvalue weighted by atomic mass is 9.93. The van der Waals surface area contributed by atoms with Crippen molar-refractivity contribution in [3.05, 3.63) is 53.1 Å². The van der Waals surface area contributed by atoms with Crippen LogP contribution >= 0.6 is 11.6 Å². The minimum atomic E-state index is 0.275. The molecule has 1 unspecified atom stereocenters. The normalized spacial score (nSPS) is 12.5. The average molecular weight is 279 g/mol. The van der Waals surface area contributed by atoms with Crippen LogP contribution in [0.1, 0.15) is 36.9 Å². The minimum Gasteiger partial charge on any atom is -0.381 e. The van der Waals surface area contributed by atoms with Crippen molar-refractivity contribution in [2.45, 2.75) is 25.7 Å². The summed E-state index contributed by atoms with van der Waals surface area (Å²) in [6.45, 7) is 3.68. The predicted molar refractivity (Wildman–Crippen MR) is 77.6 cm³/mol. The smallest absolute Gasteiger partial charge is 0.0921 e. The van der Waals surface area contributed by atoms with E-state index in [1.165, 1.54) is 5.56 Å². The minimum absolute atomic E-state index is 0.275. The van der Waals surface area contributed by atoms with Crippen LogP contribution in [0.3, 0.4) is 0 Å². The topological polar surface area (TPSA) is 37.9 Å². The van der Waals surface area contributed by atoms with Gasteiger partial charge in [-0.2, -0.15) is 0 Å². The molecular formula is C15H19ClN2O. The van der Waals surface area contributed by atoms with E-state index in [4.69, 9.17) is 16.3 Å². The Morgan fingerprint density at radius 2 is 2.05 bits per heavy atom. The largest absolute Gasteiger partial charge is 0.381 e. The maximum Gasteiger partial charge on any atom is 0.0921 e. The van der Waals surface area contributed by atoms with Crippen LogP contribution in [0.5, 0.6) is 0 Å². The van der Waals surface area contributed by atoms with Crippen LogP contribution < -0.4 is 0 Å². The maximum absolute atomic E-state index is 5.94. The Morgan fingerprint density at radius 1 is 1.26 bits per heavy atom. The Morgan fingerprint density at radius 3 is 2.68 bits per heavy atom. The van der Waals surface area contributed by atoms with Crippen LogP contribution in [-0.2, 0) is 4.74 Å². The Balaban J connectivity index is 2.08. The number of rotatable bonds is 7. The molecule has 0 fully saturated rings. The van der Waals surface area contributed by atoms with Crippen molar-refractivity contribution in [2.75, 3.05) is 13.2 Å². The van der Waals surface area contributed by atoms with E-state index in [0.29, 0.717) is 0 Å². The second-order valence-electron chi connectivity index (χ2n) is 4.51. The summed E-state index contributed by atoms with van der Waals surface area (Å²) in [5, 5.41) is 0.759. The second-order valence-corrected chi connectivity index (χ2v) is 4.95. The highest BCUT2D eigenvalue weighted by Crippen LogP contribution is 2.27. The molecule has 1 heterocycles. The number of nitrogens with one attached hydrogen (secondary N) is 1. The molecule has 0 bridgehead atoms. The number of benzene rings is 1. The van der Waals surface area contributed by atoms with E-state index in [0.717, 1.165) is 36.8 Å². The quantitative estimate of drug-likeness (QED) is 0.777. The van der Waals surface area contributed by atoms with Gasteiger partial charge in [-0.15, -0.1) is 0 Å². The van der Waals surface area contributed by atoms with Gasteiger partial charge < -0.3 is 9.72 Å². The van der Waals surface area contributed by atoms with Gasteiger partial charge in [0, 0.05) is 36.0 Å². The zero-order valence-electron chi connectivity index (χ0n) is 11.1. The maximum atomic E-state index is 5.94. The van der Waals surface area contributed by atoms with Crippen molar-refractivity contribution in [3.8, 4) is 0 Å². The molecule has 1 atom stereocenters. The summed E-state index contributed by atoms with van der Waals surface area (Å²) in [5.74, 6) is 0.275. The van der Waals surface area contributed by atoms with E-state index in [1.807, 2.05) is 18.3 Å². The van der Waals surface area contributed by atoms with Crippen LogP contribution in [0.25, 0.3) is 0 Å². The number of halogens is 1. The number of aromatic nitrogens is 2. The van der Waals surface area contributed by atoms with Crippen LogP contribution in [-0.4, -0.2) is 23.2 Å². The third kappa shape index (κ3) is 4.08. The van der Waals surface area contributed by atoms with E-state index in [9.17, 15) is 0 Å². The highest BCUT2D eigenvalue weighted by atomic mass is 35.5. The van der Waals surface area contributed by atoms with Crippen LogP contribution in [0.4, 0.5) is 0 Å². The fourth-order valence-corrected chi connectivity index (χ4v) is 2.23. The first-order chi connectivity index (χ1) is 9.31. The molecule has 3 nitrogen and oxygen atoms in total. The molecule has 0 aliphatic rings. The molecule has 102 valence electrons. The van der Waals surface area contributed by atoms with Gasteiger partial charge in [-0.3, -0.25) is 0 Å². The Hall–Kier alpha value is -1.32. The number of ether oxygens (including phenoxy) is 1. The molecule has 1 aromatic heterocycles. The van der Waals surface area contributed by atoms with Crippen LogP contribution in [0.15, 0.2) is 36.8 Å². The van der Waals surface area contributed by atoms with Crippen molar-refractivity contribution >= 4 is 11.6 Å². The average Bonchev–Trinajstić information content (AvgIpc) is 2.94. The lowest BCUT2D eigenvalue weighted by Gasteiger charge is -2.16. The molecule has 0 aliphatic heterocycles. The van der Waals surface area contributed by atoms with Crippen molar-refractivity contribution in [1.29, 1.82) is 0 Å². The van der Waals surface area contributed by atoms with E-state index in [2.05, 4.69) is 29.0 Å². The molecule has 2 rings (SSSR count). The molecule has 19 heavy (non-hydrogen) atoms. The zero-order valence-corrected chi connectivity index (χ0v) is 11.9. The van der Waals surface area contributed by atoms with Crippen molar-refractivity contribution < 1.29 is 4.74 Å². The lowest BCUT2D eigenvalue weighted by Crippen LogP contribution is -2.06. The second kappa shape index (κ2) is 7.31. The first-order valence-electron chi connectivity index (χ1n) is 6.62. The summed E-state index contributed by atoms with van der Waals surface area (Å²) < 4.78 is 5.60. The third-order valence-corrected chi connectivity index (χ3v) is 3.32. The SMILES string of the molecule is CCCOCCC(c1ccc(Cl)cc1)c1cnc[nH]1. The molecule has 0 amide bonds. The van der Waals surface area contributed by atoms with E-state index < -0.39 is 0 Å². The first-order valence-corrected chi connectivity index (χ1v) is 7.00. The number of imidazole rings is 1. The van der Waals surface area contributed by atoms with Crippen LogP contribution in [0, 0.1) is 0 Å². The number of hydrogen-bond acceptors (Lipinski definition) is 2. The van der Waals surface area contributed by atoms with E-state index >= 15 is 0 Å². The van der Waals surface area contributed by atoms with Gasteiger partial charge in [0.25, 0.3) is 0 Å². The van der Waals surface area contributed by atoms with Gasteiger partial charge in [0.05, 0.1) is 6.33 Å². The zero-order chi connectivity index (χ0) is 13.5. The molecule has 1 aromatic carbocycles. The molecule has 0 aliphatic carbocycles. The fraction of sp³-hybridized carbons (Fsp3) is 0.400. The molecule has 1 N–H and O–H groups in total. The molecular weight excluding hydrogens is 260 g/mol. The molecule has 4 heteroatoms. The first kappa shape index (κ1) is 14.1. The summed E-state index contributed by atoms with van der Waals surface area (Å²) in [5.41, 5.74) is 2.34. The van der Waals surface area contributed by atoms with Gasteiger partial charge in [0.2, 0.25) is 0 Å². The van der Waals surface area contributed by atoms with Crippen LogP contribution in [0.2, 0.25) is 5.02 Å². The molecule has 2 aromatic rings. The van der Waals surface area contributed by atoms with Gasteiger partial charge in [-0.05, 0) is 30.5 Å². The lowest BCUT2D eigenvalue weighted by molar-refractivity contribution is 0.129. The summed E-state index contributed by atoms with van der Waals surface area (Å²) in [7, 11) is 0. The highest BCUT2D eigenvalue weighted by molar-refractivity contribution is 6.30. The van der Waals surface area contributed by atoms with Gasteiger partial charge in [0.15, 0.2) is 0 Å². The fourth-order valence-electron chi connectivity index (χ4n) is 2.10. The summed E-state index contributed by atoms with van der Waals surface area (Å²) in [6.07, 6.45) is 5.57. The van der Waals surface area contributed by atoms with Gasteiger partial charge in [-0.25, -0.2) is 4.98 Å². The summed E-state index contributed by atoms with van der Waals surface area (Å²) in [6, 6.07) is 7.97. The molecule has 0 saturated carbocycles. The van der Waals surface area contributed by atoms with E-state index in [-0.39, 0.29) is 5.92 Å². The molecule has 0 saturated heterocycles. The predicted octanol–water partition coefficient (Wildman–Crippen LogP) is 4.01. The van der Waals surface area contributed by atoms with Crippen molar-refractivity contribution in [2.24, 2.45) is 0 Å². The number of aromatic amines is 1. The monoisotopic (exact) mass is 278 g/mol. The number of H-pyrrole nitrogens is 1. The number of nitrogens with zero attached hydrogens (tertiary/aromatic N) is 1. The summed E-state index contributed by atoms with van der Waals surface area (Å²) >= 11 is 5.94. The Labute approximate surface area is 119 Å².